The van der Waals surface area contributed by atoms with Crippen LogP contribution in [0, 0.1) is 0 Å². The van der Waals surface area contributed by atoms with Gasteiger partial charge in [0, 0.05) is 38.1 Å². The predicted molar refractivity (Wildman–Crippen MR) is 125 cm³/mol. The van der Waals surface area contributed by atoms with Gasteiger partial charge in [-0.25, -0.2) is 13.1 Å². The van der Waals surface area contributed by atoms with E-state index in [1.54, 1.807) is 19.2 Å². The summed E-state index contributed by atoms with van der Waals surface area (Å²) >= 11 is 0. The smallest absolute Gasteiger partial charge is 0.241 e. The summed E-state index contributed by atoms with van der Waals surface area (Å²) < 4.78 is 33.9. The maximum Gasteiger partial charge on any atom is 0.241 e. The van der Waals surface area contributed by atoms with Crippen LogP contribution in [0.4, 0.5) is 5.69 Å². The second-order valence-corrected chi connectivity index (χ2v) is 9.46. The van der Waals surface area contributed by atoms with E-state index < -0.39 is 10.0 Å². The Morgan fingerprint density at radius 1 is 0.903 bits per heavy atom. The molecule has 1 N–H and O–H groups in total. The zero-order chi connectivity index (χ0) is 21.7. The molecule has 0 bridgehead atoms. The second-order valence-electron chi connectivity index (χ2n) is 7.73. The number of anilines is 1. The minimum Gasteiger partial charge on any atom is -0.495 e. The van der Waals surface area contributed by atoms with Gasteiger partial charge in [0.2, 0.25) is 10.0 Å². The van der Waals surface area contributed by atoms with E-state index in [0.29, 0.717) is 11.4 Å². The first-order valence-corrected chi connectivity index (χ1v) is 12.1. The van der Waals surface area contributed by atoms with Crippen LogP contribution in [0.15, 0.2) is 71.6 Å². The molecular weight excluding hydrogens is 410 g/mol. The van der Waals surface area contributed by atoms with E-state index in [1.165, 1.54) is 0 Å². The molecule has 0 aliphatic carbocycles. The van der Waals surface area contributed by atoms with Crippen LogP contribution in [0.5, 0.6) is 5.75 Å². The monoisotopic (exact) mass is 439 g/mol. The van der Waals surface area contributed by atoms with Crippen molar-refractivity contribution in [2.24, 2.45) is 0 Å². The van der Waals surface area contributed by atoms with Gasteiger partial charge in [-0.2, -0.15) is 0 Å². The molecule has 3 aromatic rings. The van der Waals surface area contributed by atoms with E-state index in [4.69, 9.17) is 4.74 Å². The molecule has 7 heteroatoms. The molecule has 0 spiro atoms. The molecule has 6 nitrogen and oxygen atoms in total. The quantitative estimate of drug-likeness (QED) is 0.546. The second kappa shape index (κ2) is 9.68. The van der Waals surface area contributed by atoms with Crippen LogP contribution in [-0.4, -0.2) is 59.7 Å². The minimum atomic E-state index is -3.53. The summed E-state index contributed by atoms with van der Waals surface area (Å²) in [6, 6.07) is 21.1. The van der Waals surface area contributed by atoms with E-state index in [0.717, 1.165) is 61.4 Å². The highest BCUT2D eigenvalue weighted by atomic mass is 32.2. The Kier molecular flexibility index (Phi) is 6.75. The molecule has 0 saturated carbocycles. The summed E-state index contributed by atoms with van der Waals surface area (Å²) in [5, 5.41) is 1.68. The first-order valence-electron chi connectivity index (χ1n) is 10.7. The number of sulfonamides is 1. The fourth-order valence-corrected chi connectivity index (χ4v) is 5.42. The van der Waals surface area contributed by atoms with Crippen molar-refractivity contribution in [3.8, 4) is 5.75 Å². The third-order valence-electron chi connectivity index (χ3n) is 5.78. The van der Waals surface area contributed by atoms with Crippen LogP contribution < -0.4 is 14.4 Å². The Labute approximate surface area is 184 Å². The highest BCUT2D eigenvalue weighted by Crippen LogP contribution is 2.28. The molecular formula is C24H29N3O3S. The van der Waals surface area contributed by atoms with Crippen LogP contribution in [0.2, 0.25) is 0 Å². The lowest BCUT2D eigenvalue weighted by Crippen LogP contribution is -2.47. The van der Waals surface area contributed by atoms with E-state index in [9.17, 15) is 8.42 Å². The number of hydrogen-bond donors (Lipinski definition) is 1. The molecule has 1 aliphatic rings. The van der Waals surface area contributed by atoms with Gasteiger partial charge in [0.15, 0.2) is 0 Å². The number of hydrogen-bond acceptors (Lipinski definition) is 5. The van der Waals surface area contributed by atoms with E-state index in [2.05, 4.69) is 20.6 Å². The molecule has 31 heavy (non-hydrogen) atoms. The van der Waals surface area contributed by atoms with Crippen molar-refractivity contribution in [3.63, 3.8) is 0 Å². The largest absolute Gasteiger partial charge is 0.495 e. The third-order valence-corrected chi connectivity index (χ3v) is 7.30. The Balaban J connectivity index is 1.27. The average molecular weight is 440 g/mol. The van der Waals surface area contributed by atoms with Crippen LogP contribution >= 0.6 is 0 Å². The zero-order valence-corrected chi connectivity index (χ0v) is 18.6. The number of methoxy groups -OCH3 is 1. The molecule has 164 valence electrons. The number of nitrogens with one attached hydrogen (secondary N) is 1. The molecule has 0 radical (unpaired) electrons. The van der Waals surface area contributed by atoms with Crippen LogP contribution in [0.3, 0.4) is 0 Å². The Morgan fingerprint density at radius 2 is 1.61 bits per heavy atom. The maximum atomic E-state index is 12.8. The summed E-state index contributed by atoms with van der Waals surface area (Å²) in [7, 11) is -1.83. The Bertz CT molecular complexity index is 1120. The number of benzene rings is 3. The predicted octanol–water partition coefficient (Wildman–Crippen LogP) is 3.34. The SMILES string of the molecule is COc1ccccc1N1CCN(CCCNS(=O)(=O)c2cccc3ccccc23)CC1. The lowest BCUT2D eigenvalue weighted by molar-refractivity contribution is 0.255. The summed E-state index contributed by atoms with van der Waals surface area (Å²) in [6.07, 6.45) is 0.776. The number of para-hydroxylation sites is 2. The lowest BCUT2D eigenvalue weighted by Gasteiger charge is -2.36. The molecule has 0 atom stereocenters. The van der Waals surface area contributed by atoms with Crippen molar-refractivity contribution >= 4 is 26.5 Å². The molecule has 1 saturated heterocycles. The number of fused-ring (bicyclic) bond motifs is 1. The molecule has 1 fully saturated rings. The van der Waals surface area contributed by atoms with Crippen LogP contribution in [-0.2, 0) is 10.0 Å². The molecule has 4 rings (SSSR count). The van der Waals surface area contributed by atoms with Gasteiger partial charge in [-0.05, 0) is 36.6 Å². The summed E-state index contributed by atoms with van der Waals surface area (Å²) in [5.74, 6) is 0.902. The molecule has 3 aromatic carbocycles. The Hall–Kier alpha value is -2.61. The van der Waals surface area contributed by atoms with Gasteiger partial charge in [0.05, 0.1) is 17.7 Å². The molecule has 0 amide bonds. The fourth-order valence-electron chi connectivity index (χ4n) is 4.12. The lowest BCUT2D eigenvalue weighted by atomic mass is 10.1. The molecule has 1 aliphatic heterocycles. The van der Waals surface area contributed by atoms with Crippen molar-refractivity contribution < 1.29 is 13.2 Å². The van der Waals surface area contributed by atoms with Gasteiger partial charge in [-0.15, -0.1) is 0 Å². The van der Waals surface area contributed by atoms with E-state index in [-0.39, 0.29) is 0 Å². The molecule has 0 aromatic heterocycles. The molecule has 0 unspecified atom stereocenters. The van der Waals surface area contributed by atoms with Crippen LogP contribution in [0.1, 0.15) is 6.42 Å². The topological polar surface area (TPSA) is 61.9 Å². The average Bonchev–Trinajstić information content (AvgIpc) is 2.82. The van der Waals surface area contributed by atoms with E-state index in [1.807, 2.05) is 48.5 Å². The van der Waals surface area contributed by atoms with Crippen molar-refractivity contribution in [1.29, 1.82) is 0 Å². The van der Waals surface area contributed by atoms with Gasteiger partial charge in [-0.3, -0.25) is 4.90 Å². The first kappa shape index (κ1) is 21.6. The number of ether oxygens (including phenoxy) is 1. The summed E-state index contributed by atoms with van der Waals surface area (Å²) in [4.78, 5) is 5.08. The number of nitrogens with zero attached hydrogens (tertiary/aromatic N) is 2. The number of rotatable bonds is 8. The fraction of sp³-hybridized carbons (Fsp3) is 0.333. The standard InChI is InChI=1S/C24H29N3O3S/c1-30-23-12-5-4-11-22(23)27-18-16-26(17-19-27)15-7-14-25-31(28,29)24-13-6-9-20-8-2-3-10-21(20)24/h2-6,8-13,25H,7,14-19H2,1H3. The third kappa shape index (κ3) is 5.01. The van der Waals surface area contributed by atoms with Crippen molar-refractivity contribution in [3.05, 3.63) is 66.7 Å². The van der Waals surface area contributed by atoms with E-state index >= 15 is 0 Å². The first-order chi connectivity index (χ1) is 15.1. The highest BCUT2D eigenvalue weighted by Gasteiger charge is 2.20. The van der Waals surface area contributed by atoms with Crippen LogP contribution in [0.25, 0.3) is 10.8 Å². The van der Waals surface area contributed by atoms with Gasteiger partial charge in [0.1, 0.15) is 5.75 Å². The summed E-state index contributed by atoms with van der Waals surface area (Å²) in [5.41, 5.74) is 1.13. The van der Waals surface area contributed by atoms with Gasteiger partial charge in [0.25, 0.3) is 0 Å². The zero-order valence-electron chi connectivity index (χ0n) is 17.8. The van der Waals surface area contributed by atoms with Gasteiger partial charge >= 0.3 is 0 Å². The Morgan fingerprint density at radius 3 is 2.42 bits per heavy atom. The van der Waals surface area contributed by atoms with Gasteiger partial charge in [-0.1, -0.05) is 48.5 Å². The molecule has 1 heterocycles. The van der Waals surface area contributed by atoms with Crippen molar-refractivity contribution in [2.75, 3.05) is 51.3 Å². The summed E-state index contributed by atoms with van der Waals surface area (Å²) in [6.45, 7) is 5.07. The van der Waals surface area contributed by atoms with Gasteiger partial charge < -0.3 is 9.64 Å². The van der Waals surface area contributed by atoms with Crippen molar-refractivity contribution in [2.45, 2.75) is 11.3 Å². The minimum absolute atomic E-state index is 0.344. The maximum absolute atomic E-state index is 12.8. The number of piperazine rings is 1. The normalized spacial score (nSPS) is 15.3. The highest BCUT2D eigenvalue weighted by molar-refractivity contribution is 7.89. The van der Waals surface area contributed by atoms with Crippen molar-refractivity contribution in [1.82, 2.24) is 9.62 Å².